The first kappa shape index (κ1) is 13.7. The third-order valence-corrected chi connectivity index (χ3v) is 4.90. The van der Waals surface area contributed by atoms with Gasteiger partial charge in [0.05, 0.1) is 7.11 Å². The minimum Gasteiger partial charge on any atom is -0.508 e. The molecule has 4 heteroatoms. The van der Waals surface area contributed by atoms with Gasteiger partial charge in [0, 0.05) is 24.7 Å². The zero-order chi connectivity index (χ0) is 14.1. The Hall–Kier alpha value is -1.26. The molecule has 1 aromatic carbocycles. The number of phenolic OH excluding ortho intramolecular Hbond substituents is 1. The highest BCUT2D eigenvalue weighted by molar-refractivity contribution is 5.39. The molecule has 0 amide bonds. The van der Waals surface area contributed by atoms with Crippen molar-refractivity contribution in [2.75, 3.05) is 26.7 Å². The van der Waals surface area contributed by atoms with E-state index in [4.69, 9.17) is 4.74 Å². The van der Waals surface area contributed by atoms with E-state index >= 15 is 0 Å². The van der Waals surface area contributed by atoms with Crippen LogP contribution in [0.2, 0.25) is 0 Å². The molecular weight excluding hydrogens is 252 g/mol. The van der Waals surface area contributed by atoms with Crippen molar-refractivity contribution in [2.24, 2.45) is 11.8 Å². The van der Waals surface area contributed by atoms with Crippen LogP contribution in [-0.2, 0) is 6.54 Å². The Bertz CT molecular complexity index is 478. The Morgan fingerprint density at radius 1 is 1.40 bits per heavy atom. The van der Waals surface area contributed by atoms with E-state index in [1.165, 1.54) is 6.42 Å². The van der Waals surface area contributed by atoms with Crippen molar-refractivity contribution in [1.82, 2.24) is 10.2 Å². The predicted molar refractivity (Wildman–Crippen MR) is 79.0 cm³/mol. The van der Waals surface area contributed by atoms with Crippen molar-refractivity contribution in [3.05, 3.63) is 23.8 Å². The summed E-state index contributed by atoms with van der Waals surface area (Å²) in [5, 5.41) is 13.6. The molecule has 20 heavy (non-hydrogen) atoms. The largest absolute Gasteiger partial charge is 0.508 e. The predicted octanol–water partition coefficient (Wildman–Crippen LogP) is 1.83. The summed E-state index contributed by atoms with van der Waals surface area (Å²) in [6.07, 6.45) is 1.17. The molecule has 0 bridgehead atoms. The van der Waals surface area contributed by atoms with E-state index in [0.717, 1.165) is 49.3 Å². The molecule has 2 fully saturated rings. The lowest BCUT2D eigenvalue weighted by Gasteiger charge is -2.27. The molecule has 2 aliphatic rings. The lowest BCUT2D eigenvalue weighted by atomic mass is 9.93. The van der Waals surface area contributed by atoms with Crippen LogP contribution in [0.25, 0.3) is 0 Å². The van der Waals surface area contributed by atoms with Crippen molar-refractivity contribution >= 4 is 0 Å². The number of hydrogen-bond acceptors (Lipinski definition) is 4. The monoisotopic (exact) mass is 276 g/mol. The number of hydrogen-bond donors (Lipinski definition) is 2. The summed E-state index contributed by atoms with van der Waals surface area (Å²) < 4.78 is 5.26. The summed E-state index contributed by atoms with van der Waals surface area (Å²) in [5.41, 5.74) is 0.968. The number of aromatic hydroxyl groups is 1. The molecule has 2 N–H and O–H groups in total. The van der Waals surface area contributed by atoms with E-state index in [-0.39, 0.29) is 0 Å². The molecule has 0 radical (unpaired) electrons. The summed E-state index contributed by atoms with van der Waals surface area (Å²) in [5.74, 6) is 2.73. The minimum absolute atomic E-state index is 0.371. The molecule has 3 unspecified atom stereocenters. The number of likely N-dealkylation sites (tertiary alicyclic amines) is 1. The Morgan fingerprint density at radius 3 is 3.00 bits per heavy atom. The van der Waals surface area contributed by atoms with Gasteiger partial charge >= 0.3 is 0 Å². The molecule has 3 rings (SSSR count). The maximum absolute atomic E-state index is 10.1. The first-order valence-electron chi connectivity index (χ1n) is 7.53. The summed E-state index contributed by atoms with van der Waals surface area (Å²) in [7, 11) is 1.66. The van der Waals surface area contributed by atoms with Gasteiger partial charge in [0.25, 0.3) is 0 Å². The molecule has 0 saturated carbocycles. The molecule has 4 nitrogen and oxygen atoms in total. The molecule has 2 aliphatic heterocycles. The topological polar surface area (TPSA) is 44.7 Å². The number of fused-ring (bicyclic) bond motifs is 1. The number of methoxy groups -OCH3 is 1. The zero-order valence-electron chi connectivity index (χ0n) is 12.3. The van der Waals surface area contributed by atoms with Crippen LogP contribution in [0.15, 0.2) is 18.2 Å². The fraction of sp³-hybridized carbons (Fsp3) is 0.625. The standard InChI is InChI=1S/C16H24N2O2/c1-3-15-14-8-17-7-12(14)10-18(15)9-11-6-13(20-2)4-5-16(11)19/h4-6,12,14-15,17,19H,3,7-10H2,1-2H3. The van der Waals surface area contributed by atoms with E-state index in [0.29, 0.717) is 11.8 Å². The number of phenols is 1. The van der Waals surface area contributed by atoms with Gasteiger partial charge in [-0.3, -0.25) is 4.90 Å². The van der Waals surface area contributed by atoms with Crippen LogP contribution in [0.1, 0.15) is 18.9 Å². The Morgan fingerprint density at radius 2 is 2.25 bits per heavy atom. The second kappa shape index (κ2) is 5.62. The van der Waals surface area contributed by atoms with E-state index in [9.17, 15) is 5.11 Å². The normalized spacial score (nSPS) is 29.6. The maximum atomic E-state index is 10.1. The van der Waals surface area contributed by atoms with Crippen molar-refractivity contribution in [2.45, 2.75) is 25.9 Å². The van der Waals surface area contributed by atoms with Crippen LogP contribution in [0.3, 0.4) is 0 Å². The number of ether oxygens (including phenoxy) is 1. The van der Waals surface area contributed by atoms with Crippen LogP contribution in [0.4, 0.5) is 0 Å². The van der Waals surface area contributed by atoms with E-state index in [1.807, 2.05) is 6.07 Å². The summed E-state index contributed by atoms with van der Waals surface area (Å²) >= 11 is 0. The van der Waals surface area contributed by atoms with Crippen molar-refractivity contribution < 1.29 is 9.84 Å². The molecule has 3 atom stereocenters. The van der Waals surface area contributed by atoms with Gasteiger partial charge in [-0.15, -0.1) is 0 Å². The summed E-state index contributed by atoms with van der Waals surface area (Å²) in [6, 6.07) is 6.11. The first-order chi connectivity index (χ1) is 9.72. The van der Waals surface area contributed by atoms with Gasteiger partial charge in [-0.1, -0.05) is 6.92 Å². The minimum atomic E-state index is 0.371. The van der Waals surface area contributed by atoms with Crippen LogP contribution < -0.4 is 10.1 Å². The molecule has 1 aromatic rings. The Labute approximate surface area is 120 Å². The second-order valence-corrected chi connectivity index (χ2v) is 5.98. The molecule has 0 aromatic heterocycles. The smallest absolute Gasteiger partial charge is 0.120 e. The van der Waals surface area contributed by atoms with Gasteiger partial charge < -0.3 is 15.2 Å². The lowest BCUT2D eigenvalue weighted by molar-refractivity contribution is 0.208. The van der Waals surface area contributed by atoms with Crippen LogP contribution in [0, 0.1) is 11.8 Å². The van der Waals surface area contributed by atoms with Crippen molar-refractivity contribution in [3.8, 4) is 11.5 Å². The Balaban J connectivity index is 1.77. The van der Waals surface area contributed by atoms with E-state index < -0.39 is 0 Å². The number of rotatable bonds is 4. The average molecular weight is 276 g/mol. The fourth-order valence-electron chi connectivity index (χ4n) is 3.89. The molecule has 110 valence electrons. The van der Waals surface area contributed by atoms with Crippen LogP contribution in [0.5, 0.6) is 11.5 Å². The first-order valence-corrected chi connectivity index (χ1v) is 7.53. The number of nitrogens with zero attached hydrogens (tertiary/aromatic N) is 1. The van der Waals surface area contributed by atoms with Gasteiger partial charge in [0.1, 0.15) is 11.5 Å². The van der Waals surface area contributed by atoms with Crippen LogP contribution in [-0.4, -0.2) is 42.8 Å². The average Bonchev–Trinajstić information content (AvgIpc) is 3.01. The van der Waals surface area contributed by atoms with Gasteiger partial charge in [0.15, 0.2) is 0 Å². The van der Waals surface area contributed by atoms with Crippen molar-refractivity contribution in [3.63, 3.8) is 0 Å². The van der Waals surface area contributed by atoms with Crippen molar-refractivity contribution in [1.29, 1.82) is 0 Å². The van der Waals surface area contributed by atoms with Gasteiger partial charge in [-0.2, -0.15) is 0 Å². The highest BCUT2D eigenvalue weighted by atomic mass is 16.5. The molecule has 2 heterocycles. The third-order valence-electron chi connectivity index (χ3n) is 4.90. The van der Waals surface area contributed by atoms with E-state index in [2.05, 4.69) is 17.1 Å². The van der Waals surface area contributed by atoms with Crippen LogP contribution >= 0.6 is 0 Å². The fourth-order valence-corrected chi connectivity index (χ4v) is 3.89. The molecule has 0 spiro atoms. The second-order valence-electron chi connectivity index (χ2n) is 5.98. The van der Waals surface area contributed by atoms with Gasteiger partial charge in [0.2, 0.25) is 0 Å². The number of nitrogens with one attached hydrogen (secondary N) is 1. The number of benzene rings is 1. The maximum Gasteiger partial charge on any atom is 0.120 e. The van der Waals surface area contributed by atoms with Gasteiger partial charge in [-0.25, -0.2) is 0 Å². The summed E-state index contributed by atoms with van der Waals surface area (Å²) in [4.78, 5) is 2.53. The molecule has 0 aliphatic carbocycles. The lowest BCUT2D eigenvalue weighted by Crippen LogP contribution is -2.34. The molecule has 2 saturated heterocycles. The summed E-state index contributed by atoms with van der Waals surface area (Å²) in [6.45, 7) is 6.50. The van der Waals surface area contributed by atoms with E-state index in [1.54, 1.807) is 19.2 Å². The highest BCUT2D eigenvalue weighted by Gasteiger charge is 2.42. The zero-order valence-corrected chi connectivity index (χ0v) is 12.3. The SMILES string of the molecule is CCC1C2CNCC2CN1Cc1cc(OC)ccc1O. The van der Waals surface area contributed by atoms with Gasteiger partial charge in [-0.05, 0) is 49.5 Å². The highest BCUT2D eigenvalue weighted by Crippen LogP contribution is 2.36. The third kappa shape index (κ3) is 2.38. The Kier molecular flexibility index (Phi) is 3.85. The quantitative estimate of drug-likeness (QED) is 0.880. The molecular formula is C16H24N2O2.